The Hall–Kier alpha value is -1.96. The maximum Gasteiger partial charge on any atom is 0.433 e. The van der Waals surface area contributed by atoms with Crippen LogP contribution in [-0.4, -0.2) is 22.8 Å². The van der Waals surface area contributed by atoms with E-state index in [9.17, 15) is 18.0 Å². The Balaban J connectivity index is 1.99. The van der Waals surface area contributed by atoms with Crippen LogP contribution in [0, 0.1) is 0 Å². The van der Waals surface area contributed by atoms with Gasteiger partial charge in [-0.3, -0.25) is 4.79 Å². The minimum absolute atomic E-state index is 0.0339. The second-order valence-corrected chi connectivity index (χ2v) is 5.46. The Morgan fingerprint density at radius 1 is 1.27 bits per heavy atom. The fourth-order valence-corrected chi connectivity index (χ4v) is 2.57. The predicted octanol–water partition coefficient (Wildman–Crippen LogP) is 3.13. The van der Waals surface area contributed by atoms with Crippen LogP contribution in [-0.2, 0) is 12.6 Å². The van der Waals surface area contributed by atoms with Gasteiger partial charge < -0.3 is 9.72 Å². The molecule has 8 heteroatoms. The van der Waals surface area contributed by atoms with Crippen LogP contribution >= 0.6 is 11.8 Å². The highest BCUT2D eigenvalue weighted by Gasteiger charge is 2.33. The van der Waals surface area contributed by atoms with Gasteiger partial charge in [0, 0.05) is 11.8 Å². The van der Waals surface area contributed by atoms with Gasteiger partial charge in [-0.25, -0.2) is 4.98 Å². The normalized spacial score (nSPS) is 11.5. The summed E-state index contributed by atoms with van der Waals surface area (Å²) in [7, 11) is 1.57. The number of ether oxygens (including phenoxy) is 1. The number of benzene rings is 1. The first-order chi connectivity index (χ1) is 10.4. The SMILES string of the molecule is COc1ccc(CCSc2nc(C(F)(F)F)cc(=O)[nH]2)cc1. The van der Waals surface area contributed by atoms with E-state index in [1.165, 1.54) is 0 Å². The van der Waals surface area contributed by atoms with E-state index < -0.39 is 17.4 Å². The molecule has 0 bridgehead atoms. The monoisotopic (exact) mass is 330 g/mol. The molecule has 0 aliphatic carbocycles. The molecule has 1 aromatic carbocycles. The van der Waals surface area contributed by atoms with E-state index in [4.69, 9.17) is 4.74 Å². The summed E-state index contributed by atoms with van der Waals surface area (Å²) in [5.41, 5.74) is -0.972. The largest absolute Gasteiger partial charge is 0.497 e. The maximum atomic E-state index is 12.6. The first kappa shape index (κ1) is 16.4. The molecule has 0 spiro atoms. The first-order valence-corrected chi connectivity index (χ1v) is 7.31. The number of methoxy groups -OCH3 is 1. The molecule has 0 unspecified atom stereocenters. The minimum atomic E-state index is -4.63. The molecule has 1 aromatic heterocycles. The molecule has 0 aliphatic rings. The van der Waals surface area contributed by atoms with Gasteiger partial charge in [-0.15, -0.1) is 0 Å². The topological polar surface area (TPSA) is 55.0 Å². The van der Waals surface area contributed by atoms with Crippen molar-refractivity contribution in [3.05, 3.63) is 51.9 Å². The van der Waals surface area contributed by atoms with Crippen molar-refractivity contribution < 1.29 is 17.9 Å². The third kappa shape index (κ3) is 4.52. The van der Waals surface area contributed by atoms with Crippen LogP contribution in [0.4, 0.5) is 13.2 Å². The molecule has 1 heterocycles. The van der Waals surface area contributed by atoms with E-state index in [-0.39, 0.29) is 5.16 Å². The molecule has 0 aliphatic heterocycles. The third-order valence-corrected chi connectivity index (χ3v) is 3.67. The van der Waals surface area contributed by atoms with Crippen molar-refractivity contribution in [3.63, 3.8) is 0 Å². The summed E-state index contributed by atoms with van der Waals surface area (Å²) in [5, 5.41) is -0.0339. The smallest absolute Gasteiger partial charge is 0.433 e. The van der Waals surface area contributed by atoms with Gasteiger partial charge in [-0.2, -0.15) is 13.2 Å². The lowest BCUT2D eigenvalue weighted by Crippen LogP contribution is -2.16. The van der Waals surface area contributed by atoms with Crippen LogP contribution in [0.3, 0.4) is 0 Å². The summed E-state index contributed by atoms with van der Waals surface area (Å²) in [6, 6.07) is 7.83. The zero-order valence-electron chi connectivity index (χ0n) is 11.6. The standard InChI is InChI=1S/C14H13F3N2O2S/c1-21-10-4-2-9(3-5-10)6-7-22-13-18-11(14(15,16)17)8-12(20)19-13/h2-5,8H,6-7H2,1H3,(H,18,19,20). The summed E-state index contributed by atoms with van der Waals surface area (Å²) in [5.74, 6) is 1.23. The number of aromatic amines is 1. The Morgan fingerprint density at radius 3 is 2.55 bits per heavy atom. The molecular weight excluding hydrogens is 317 g/mol. The molecule has 0 radical (unpaired) electrons. The molecule has 0 saturated heterocycles. The van der Waals surface area contributed by atoms with Gasteiger partial charge in [0.25, 0.3) is 5.56 Å². The lowest BCUT2D eigenvalue weighted by molar-refractivity contribution is -0.141. The van der Waals surface area contributed by atoms with Crippen molar-refractivity contribution in [1.82, 2.24) is 9.97 Å². The molecule has 1 N–H and O–H groups in total. The highest BCUT2D eigenvalue weighted by Crippen LogP contribution is 2.27. The van der Waals surface area contributed by atoms with E-state index >= 15 is 0 Å². The fourth-order valence-electron chi connectivity index (χ4n) is 1.71. The Morgan fingerprint density at radius 2 is 1.95 bits per heavy atom. The Kier molecular flexibility index (Phi) is 5.12. The average Bonchev–Trinajstić information content (AvgIpc) is 2.46. The van der Waals surface area contributed by atoms with Crippen LogP contribution in [0.15, 0.2) is 40.3 Å². The highest BCUT2D eigenvalue weighted by molar-refractivity contribution is 7.99. The molecule has 0 atom stereocenters. The summed E-state index contributed by atoms with van der Waals surface area (Å²) < 4.78 is 42.7. The molecular formula is C14H13F3N2O2S. The number of aromatic nitrogens is 2. The number of aryl methyl sites for hydroxylation is 1. The zero-order chi connectivity index (χ0) is 16.2. The van der Waals surface area contributed by atoms with Crippen molar-refractivity contribution in [2.45, 2.75) is 17.8 Å². The quantitative estimate of drug-likeness (QED) is 0.676. The van der Waals surface area contributed by atoms with Crippen molar-refractivity contribution >= 4 is 11.8 Å². The van der Waals surface area contributed by atoms with Crippen LogP contribution in [0.25, 0.3) is 0 Å². The minimum Gasteiger partial charge on any atom is -0.497 e. The van der Waals surface area contributed by atoms with Crippen molar-refractivity contribution in [2.24, 2.45) is 0 Å². The van der Waals surface area contributed by atoms with Crippen molar-refractivity contribution in [2.75, 3.05) is 12.9 Å². The molecule has 4 nitrogen and oxygen atoms in total. The average molecular weight is 330 g/mol. The second-order valence-electron chi connectivity index (χ2n) is 4.38. The number of rotatable bonds is 5. The molecule has 118 valence electrons. The molecule has 2 rings (SSSR count). The van der Waals surface area contributed by atoms with E-state index in [0.717, 1.165) is 23.1 Å². The zero-order valence-corrected chi connectivity index (χ0v) is 12.4. The number of alkyl halides is 3. The lowest BCUT2D eigenvalue weighted by atomic mass is 10.2. The van der Waals surface area contributed by atoms with E-state index in [2.05, 4.69) is 9.97 Å². The van der Waals surface area contributed by atoms with Gasteiger partial charge >= 0.3 is 6.18 Å². The number of halogens is 3. The van der Waals surface area contributed by atoms with Gasteiger partial charge in [0.15, 0.2) is 10.9 Å². The predicted molar refractivity (Wildman–Crippen MR) is 77.3 cm³/mol. The number of nitrogens with zero attached hydrogens (tertiary/aromatic N) is 1. The molecule has 22 heavy (non-hydrogen) atoms. The molecule has 0 fully saturated rings. The van der Waals surface area contributed by atoms with Crippen LogP contribution in [0.5, 0.6) is 5.75 Å². The second kappa shape index (κ2) is 6.87. The summed E-state index contributed by atoms with van der Waals surface area (Å²) >= 11 is 1.07. The number of hydrogen-bond donors (Lipinski definition) is 1. The molecule has 0 saturated carbocycles. The lowest BCUT2D eigenvalue weighted by Gasteiger charge is -2.07. The van der Waals surface area contributed by atoms with Gasteiger partial charge in [0.05, 0.1) is 7.11 Å². The maximum absolute atomic E-state index is 12.6. The van der Waals surface area contributed by atoms with Gasteiger partial charge in [0.2, 0.25) is 0 Å². The number of thioether (sulfide) groups is 1. The summed E-state index contributed by atoms with van der Waals surface area (Å²) in [6.45, 7) is 0. The highest BCUT2D eigenvalue weighted by atomic mass is 32.2. The Bertz CT molecular complexity index is 684. The van der Waals surface area contributed by atoms with Crippen LogP contribution < -0.4 is 10.3 Å². The first-order valence-electron chi connectivity index (χ1n) is 6.33. The number of hydrogen-bond acceptors (Lipinski definition) is 4. The van der Waals surface area contributed by atoms with Crippen molar-refractivity contribution in [1.29, 1.82) is 0 Å². The van der Waals surface area contributed by atoms with Gasteiger partial charge in [0.1, 0.15) is 5.75 Å². The van der Waals surface area contributed by atoms with E-state index in [1.807, 2.05) is 24.3 Å². The molecule has 0 amide bonds. The summed E-state index contributed by atoms with van der Waals surface area (Å²) in [4.78, 5) is 17.0. The van der Waals surface area contributed by atoms with Crippen molar-refractivity contribution in [3.8, 4) is 5.75 Å². The Labute approximate surface area is 128 Å². The van der Waals surface area contributed by atoms with Gasteiger partial charge in [-0.05, 0) is 24.1 Å². The van der Waals surface area contributed by atoms with Gasteiger partial charge in [-0.1, -0.05) is 23.9 Å². The van der Waals surface area contributed by atoms with E-state index in [1.54, 1.807) is 7.11 Å². The molecule has 2 aromatic rings. The third-order valence-electron chi connectivity index (χ3n) is 2.80. The number of H-pyrrole nitrogens is 1. The number of nitrogens with one attached hydrogen (secondary N) is 1. The van der Waals surface area contributed by atoms with E-state index in [0.29, 0.717) is 18.2 Å². The summed E-state index contributed by atoms with van der Waals surface area (Å²) in [6.07, 6.45) is -3.99. The van der Waals surface area contributed by atoms with Crippen LogP contribution in [0.2, 0.25) is 0 Å². The van der Waals surface area contributed by atoms with Crippen LogP contribution in [0.1, 0.15) is 11.3 Å². The fraction of sp³-hybridized carbons (Fsp3) is 0.286.